The highest BCUT2D eigenvalue weighted by atomic mass is 16.5. The molecular weight excluding hydrogens is 462 g/mol. The standard InChI is InChI=1S/C31H37N3O3/c1-5-23(2)34(21-26(35)20-24-14-8-6-9-15-24)22-27-30(25-16-10-7-11-17-25)32-33(3)31(27)37-29-19-13-12-18-28(29)36-4/h6-19,23,26,35H,5,20-22H2,1-4H3/t23-,26-/m0/s1. The van der Waals surface area contributed by atoms with E-state index in [1.165, 1.54) is 0 Å². The number of benzene rings is 3. The number of hydrogen-bond acceptors (Lipinski definition) is 5. The van der Waals surface area contributed by atoms with Gasteiger partial charge in [0.15, 0.2) is 11.5 Å². The first-order valence-corrected chi connectivity index (χ1v) is 12.9. The lowest BCUT2D eigenvalue weighted by Gasteiger charge is -2.31. The maximum absolute atomic E-state index is 11.0. The van der Waals surface area contributed by atoms with Gasteiger partial charge < -0.3 is 14.6 Å². The second-order valence-electron chi connectivity index (χ2n) is 9.41. The highest BCUT2D eigenvalue weighted by molar-refractivity contribution is 5.66. The van der Waals surface area contributed by atoms with Gasteiger partial charge in [0.2, 0.25) is 5.88 Å². The van der Waals surface area contributed by atoms with Crippen LogP contribution in [0, 0.1) is 0 Å². The number of aliphatic hydroxyl groups is 1. The van der Waals surface area contributed by atoms with E-state index in [0.717, 1.165) is 28.8 Å². The zero-order chi connectivity index (χ0) is 26.2. The topological polar surface area (TPSA) is 59.8 Å². The number of nitrogens with zero attached hydrogens (tertiary/aromatic N) is 3. The summed E-state index contributed by atoms with van der Waals surface area (Å²) < 4.78 is 13.8. The molecule has 0 saturated heterocycles. The number of ether oxygens (including phenoxy) is 2. The van der Waals surface area contributed by atoms with Gasteiger partial charge in [-0.25, -0.2) is 4.68 Å². The van der Waals surface area contributed by atoms with Gasteiger partial charge in [0, 0.05) is 31.7 Å². The summed E-state index contributed by atoms with van der Waals surface area (Å²) in [6.07, 6.45) is 1.07. The molecule has 0 aliphatic rings. The summed E-state index contributed by atoms with van der Waals surface area (Å²) in [7, 11) is 3.54. The van der Waals surface area contributed by atoms with Crippen molar-refractivity contribution in [2.75, 3.05) is 13.7 Å². The zero-order valence-corrected chi connectivity index (χ0v) is 22.2. The first kappa shape index (κ1) is 26.5. The summed E-state index contributed by atoms with van der Waals surface area (Å²) in [5.41, 5.74) is 4.01. The molecule has 3 aromatic carbocycles. The minimum Gasteiger partial charge on any atom is -0.493 e. The van der Waals surface area contributed by atoms with Crippen molar-refractivity contribution in [2.24, 2.45) is 7.05 Å². The van der Waals surface area contributed by atoms with E-state index in [-0.39, 0.29) is 6.04 Å². The highest BCUT2D eigenvalue weighted by Crippen LogP contribution is 2.37. The molecule has 0 fully saturated rings. The Bertz CT molecular complexity index is 1260. The van der Waals surface area contributed by atoms with E-state index in [4.69, 9.17) is 14.6 Å². The van der Waals surface area contributed by atoms with E-state index >= 15 is 0 Å². The monoisotopic (exact) mass is 499 g/mol. The van der Waals surface area contributed by atoms with Crippen molar-refractivity contribution in [1.29, 1.82) is 0 Å². The van der Waals surface area contributed by atoms with Crippen LogP contribution in [0.5, 0.6) is 17.4 Å². The summed E-state index contributed by atoms with van der Waals surface area (Å²) >= 11 is 0. The van der Waals surface area contributed by atoms with Gasteiger partial charge in [-0.05, 0) is 37.5 Å². The molecule has 1 N–H and O–H groups in total. The van der Waals surface area contributed by atoms with Gasteiger partial charge in [-0.2, -0.15) is 5.10 Å². The van der Waals surface area contributed by atoms with Gasteiger partial charge >= 0.3 is 0 Å². The van der Waals surface area contributed by atoms with Crippen LogP contribution >= 0.6 is 0 Å². The molecule has 4 aromatic rings. The Morgan fingerprint density at radius 3 is 2.19 bits per heavy atom. The second-order valence-corrected chi connectivity index (χ2v) is 9.41. The molecule has 6 nitrogen and oxygen atoms in total. The van der Waals surface area contributed by atoms with Gasteiger partial charge in [-0.1, -0.05) is 79.7 Å². The van der Waals surface area contributed by atoms with Crippen LogP contribution in [0.1, 0.15) is 31.4 Å². The molecule has 0 bridgehead atoms. The van der Waals surface area contributed by atoms with Gasteiger partial charge in [-0.15, -0.1) is 0 Å². The molecule has 4 rings (SSSR count). The van der Waals surface area contributed by atoms with Crippen LogP contribution in [0.2, 0.25) is 0 Å². The third-order valence-electron chi connectivity index (χ3n) is 6.75. The van der Waals surface area contributed by atoms with Gasteiger partial charge in [0.1, 0.15) is 5.69 Å². The van der Waals surface area contributed by atoms with Crippen molar-refractivity contribution < 1.29 is 14.6 Å². The fraction of sp³-hybridized carbons (Fsp3) is 0.323. The number of hydrogen-bond donors (Lipinski definition) is 1. The van der Waals surface area contributed by atoms with E-state index < -0.39 is 6.10 Å². The van der Waals surface area contributed by atoms with Crippen LogP contribution in [0.25, 0.3) is 11.3 Å². The van der Waals surface area contributed by atoms with Crippen molar-refractivity contribution in [1.82, 2.24) is 14.7 Å². The summed E-state index contributed by atoms with van der Waals surface area (Å²) in [6, 6.07) is 28.2. The SMILES string of the molecule is CC[C@H](C)N(Cc1c(-c2ccccc2)nn(C)c1Oc1ccccc1OC)C[C@@H](O)Cc1ccccc1. The molecular formula is C31H37N3O3. The molecule has 0 unspecified atom stereocenters. The maximum Gasteiger partial charge on any atom is 0.222 e. The molecule has 6 heteroatoms. The van der Waals surface area contributed by atoms with Crippen molar-refractivity contribution in [3.63, 3.8) is 0 Å². The third-order valence-corrected chi connectivity index (χ3v) is 6.75. The molecule has 0 saturated carbocycles. The van der Waals surface area contributed by atoms with Crippen LogP contribution in [-0.4, -0.2) is 45.6 Å². The zero-order valence-electron chi connectivity index (χ0n) is 22.2. The Kier molecular flexibility index (Phi) is 8.99. The average molecular weight is 500 g/mol. The van der Waals surface area contributed by atoms with Crippen molar-refractivity contribution in [2.45, 2.75) is 45.4 Å². The first-order valence-electron chi connectivity index (χ1n) is 12.9. The predicted octanol–water partition coefficient (Wildman–Crippen LogP) is 6.09. The number of aliphatic hydroxyl groups excluding tert-OH is 1. The summed E-state index contributed by atoms with van der Waals surface area (Å²) in [4.78, 5) is 2.33. The quantitative estimate of drug-likeness (QED) is 0.256. The second kappa shape index (κ2) is 12.6. The Hall–Kier alpha value is -3.61. The number of rotatable bonds is 12. The van der Waals surface area contributed by atoms with Crippen molar-refractivity contribution >= 4 is 0 Å². The Labute approximate surface area is 220 Å². The fourth-order valence-corrected chi connectivity index (χ4v) is 4.54. The lowest BCUT2D eigenvalue weighted by Crippen LogP contribution is -2.39. The molecule has 0 spiro atoms. The van der Waals surface area contributed by atoms with Crippen molar-refractivity contribution in [3.8, 4) is 28.6 Å². The van der Waals surface area contributed by atoms with Crippen LogP contribution in [0.3, 0.4) is 0 Å². The van der Waals surface area contributed by atoms with Crippen LogP contribution in [0.15, 0.2) is 84.9 Å². The summed E-state index contributed by atoms with van der Waals surface area (Å²) in [6.45, 7) is 5.51. The van der Waals surface area contributed by atoms with E-state index in [0.29, 0.717) is 36.9 Å². The minimum absolute atomic E-state index is 0.258. The van der Waals surface area contributed by atoms with Gasteiger partial charge in [0.25, 0.3) is 0 Å². The molecule has 0 amide bonds. The van der Waals surface area contributed by atoms with E-state index in [1.54, 1.807) is 11.8 Å². The third kappa shape index (κ3) is 6.59. The fourth-order valence-electron chi connectivity index (χ4n) is 4.54. The van der Waals surface area contributed by atoms with Crippen LogP contribution < -0.4 is 9.47 Å². The largest absolute Gasteiger partial charge is 0.493 e. The number of aryl methyl sites for hydroxylation is 1. The number of para-hydroxylation sites is 2. The Balaban J connectivity index is 1.69. The number of methoxy groups -OCH3 is 1. The molecule has 194 valence electrons. The molecule has 0 aliphatic carbocycles. The summed E-state index contributed by atoms with van der Waals surface area (Å²) in [5.74, 6) is 1.95. The average Bonchev–Trinajstić information content (AvgIpc) is 3.23. The minimum atomic E-state index is -0.494. The highest BCUT2D eigenvalue weighted by Gasteiger charge is 2.26. The maximum atomic E-state index is 11.0. The lowest BCUT2D eigenvalue weighted by atomic mass is 10.0. The van der Waals surface area contributed by atoms with E-state index in [9.17, 15) is 5.11 Å². The molecule has 1 heterocycles. The molecule has 0 aliphatic heterocycles. The normalized spacial score (nSPS) is 12.9. The Morgan fingerprint density at radius 1 is 0.919 bits per heavy atom. The lowest BCUT2D eigenvalue weighted by molar-refractivity contribution is 0.0845. The molecule has 37 heavy (non-hydrogen) atoms. The molecule has 0 radical (unpaired) electrons. The van der Waals surface area contributed by atoms with Crippen LogP contribution in [-0.2, 0) is 20.0 Å². The predicted molar refractivity (Wildman–Crippen MR) is 148 cm³/mol. The van der Waals surface area contributed by atoms with Gasteiger partial charge in [0.05, 0.1) is 18.8 Å². The smallest absolute Gasteiger partial charge is 0.222 e. The van der Waals surface area contributed by atoms with E-state index in [2.05, 4.69) is 43.0 Å². The van der Waals surface area contributed by atoms with Crippen LogP contribution in [0.4, 0.5) is 0 Å². The molecule has 1 aromatic heterocycles. The first-order chi connectivity index (χ1) is 18.0. The molecule has 2 atom stereocenters. The summed E-state index contributed by atoms with van der Waals surface area (Å²) in [5, 5.41) is 15.9. The van der Waals surface area contributed by atoms with Gasteiger partial charge in [-0.3, -0.25) is 4.90 Å². The van der Waals surface area contributed by atoms with Crippen molar-refractivity contribution in [3.05, 3.63) is 96.1 Å². The Morgan fingerprint density at radius 2 is 1.54 bits per heavy atom. The number of aromatic nitrogens is 2. The van der Waals surface area contributed by atoms with E-state index in [1.807, 2.05) is 67.7 Å².